The number of anilines is 1. The number of carbonyl (C=O) groups excluding carboxylic acids is 2. The van der Waals surface area contributed by atoms with Crippen LogP contribution in [0, 0.1) is 0 Å². The van der Waals surface area contributed by atoms with Crippen LogP contribution in [0.15, 0.2) is 72.8 Å². The van der Waals surface area contributed by atoms with E-state index in [-0.39, 0.29) is 13.2 Å². The van der Waals surface area contributed by atoms with Crippen LogP contribution in [0.2, 0.25) is 10.0 Å². The number of amides is 1. The van der Waals surface area contributed by atoms with Crippen molar-refractivity contribution in [3.63, 3.8) is 0 Å². The summed E-state index contributed by atoms with van der Waals surface area (Å²) in [5, 5.41) is 12.0. The second-order valence-electron chi connectivity index (χ2n) is 7.81. The van der Waals surface area contributed by atoms with Gasteiger partial charge in [-0.3, -0.25) is 4.79 Å². The summed E-state index contributed by atoms with van der Waals surface area (Å²) >= 11 is 12.6. The van der Waals surface area contributed by atoms with Crippen LogP contribution in [0.25, 0.3) is 0 Å². The average molecular weight is 544 g/mol. The number of aliphatic hydroxyl groups is 1. The number of methoxy groups -OCH3 is 2. The molecule has 7 nitrogen and oxygen atoms in total. The lowest BCUT2D eigenvalue weighted by atomic mass is 9.98. The first-order valence-corrected chi connectivity index (χ1v) is 12.1. The predicted octanol–water partition coefficient (Wildman–Crippen LogP) is 5.74. The molecule has 3 aromatic carbocycles. The Morgan fingerprint density at radius 3 is 2.41 bits per heavy atom. The Labute approximate surface area is 225 Å². The van der Waals surface area contributed by atoms with Crippen molar-refractivity contribution in [2.45, 2.75) is 19.6 Å². The van der Waals surface area contributed by atoms with Gasteiger partial charge in [-0.15, -0.1) is 0 Å². The SMILES string of the molecule is CCOC(=O)C=CC(=O)N(Cc1ccc(OC)cc1OC)c1ccc(Cl)cc1C(O)c1ccccc1Cl. The second-order valence-corrected chi connectivity index (χ2v) is 8.66. The van der Waals surface area contributed by atoms with Crippen molar-refractivity contribution in [2.24, 2.45) is 0 Å². The van der Waals surface area contributed by atoms with Crippen LogP contribution in [0.1, 0.15) is 29.7 Å². The number of rotatable bonds is 10. The Bertz CT molecular complexity index is 1290. The van der Waals surface area contributed by atoms with Gasteiger partial charge in [0.25, 0.3) is 5.91 Å². The van der Waals surface area contributed by atoms with Crippen LogP contribution in [-0.4, -0.2) is 37.8 Å². The van der Waals surface area contributed by atoms with E-state index in [2.05, 4.69) is 0 Å². The molecule has 37 heavy (non-hydrogen) atoms. The number of benzene rings is 3. The molecular formula is C28H27Cl2NO6. The number of halogens is 2. The Morgan fingerprint density at radius 2 is 1.73 bits per heavy atom. The van der Waals surface area contributed by atoms with E-state index in [0.717, 1.165) is 12.2 Å². The van der Waals surface area contributed by atoms with Crippen molar-refractivity contribution in [3.8, 4) is 11.5 Å². The molecule has 1 N–H and O–H groups in total. The highest BCUT2D eigenvalue weighted by Crippen LogP contribution is 2.37. The summed E-state index contributed by atoms with van der Waals surface area (Å²) in [5.74, 6) is -0.0955. The van der Waals surface area contributed by atoms with Crippen LogP contribution in [0.3, 0.4) is 0 Å². The molecule has 1 amide bonds. The number of hydrogen-bond donors (Lipinski definition) is 1. The molecule has 1 unspecified atom stereocenters. The molecule has 3 rings (SSSR count). The van der Waals surface area contributed by atoms with Gasteiger partial charge in [0, 0.05) is 45.0 Å². The van der Waals surface area contributed by atoms with Crippen LogP contribution in [0.4, 0.5) is 5.69 Å². The molecule has 0 saturated carbocycles. The average Bonchev–Trinajstić information content (AvgIpc) is 2.90. The van der Waals surface area contributed by atoms with Gasteiger partial charge in [-0.25, -0.2) is 4.79 Å². The van der Waals surface area contributed by atoms with Crippen LogP contribution >= 0.6 is 23.2 Å². The fourth-order valence-corrected chi connectivity index (χ4v) is 4.13. The molecule has 0 aliphatic heterocycles. The predicted molar refractivity (Wildman–Crippen MR) is 143 cm³/mol. The first kappa shape index (κ1) is 28.1. The zero-order chi connectivity index (χ0) is 26.9. The van der Waals surface area contributed by atoms with E-state index in [9.17, 15) is 14.7 Å². The van der Waals surface area contributed by atoms with E-state index in [4.69, 9.17) is 37.4 Å². The van der Waals surface area contributed by atoms with Gasteiger partial charge < -0.3 is 24.2 Å². The van der Waals surface area contributed by atoms with E-state index in [1.165, 1.54) is 12.0 Å². The van der Waals surface area contributed by atoms with Gasteiger partial charge in [-0.2, -0.15) is 0 Å². The summed E-state index contributed by atoms with van der Waals surface area (Å²) in [4.78, 5) is 26.8. The lowest BCUT2D eigenvalue weighted by molar-refractivity contribution is -0.137. The summed E-state index contributed by atoms with van der Waals surface area (Å²) < 4.78 is 15.7. The van der Waals surface area contributed by atoms with Gasteiger partial charge in [0.15, 0.2) is 0 Å². The molecule has 0 aromatic heterocycles. The molecule has 0 spiro atoms. The molecule has 0 heterocycles. The number of hydrogen-bond acceptors (Lipinski definition) is 6. The highest BCUT2D eigenvalue weighted by atomic mass is 35.5. The van der Waals surface area contributed by atoms with Crippen molar-refractivity contribution in [1.29, 1.82) is 0 Å². The minimum atomic E-state index is -1.19. The number of aliphatic hydroxyl groups excluding tert-OH is 1. The Hall–Kier alpha value is -3.52. The van der Waals surface area contributed by atoms with Gasteiger partial charge >= 0.3 is 5.97 Å². The normalized spacial score (nSPS) is 11.7. The standard InChI is InChI=1S/C28H27Cl2NO6/c1-4-37-27(33)14-13-26(32)31(17-18-9-11-20(35-2)16-25(18)36-3)24-12-10-19(29)15-22(24)28(34)21-7-5-6-8-23(21)30/h5-16,28,34H,4,17H2,1-3H3. The largest absolute Gasteiger partial charge is 0.497 e. The van der Waals surface area contributed by atoms with E-state index in [0.29, 0.717) is 43.9 Å². The van der Waals surface area contributed by atoms with Gasteiger partial charge in [0.2, 0.25) is 0 Å². The molecule has 9 heteroatoms. The molecule has 0 saturated heterocycles. The lowest BCUT2D eigenvalue weighted by Crippen LogP contribution is -2.30. The summed E-state index contributed by atoms with van der Waals surface area (Å²) in [5.41, 5.74) is 1.83. The third kappa shape index (κ3) is 7.04. The molecule has 0 fully saturated rings. The zero-order valence-corrected chi connectivity index (χ0v) is 22.1. The van der Waals surface area contributed by atoms with Crippen molar-refractivity contribution >= 4 is 40.8 Å². The summed E-state index contributed by atoms with van der Waals surface area (Å²) in [6.45, 7) is 1.89. The number of nitrogens with zero attached hydrogens (tertiary/aromatic N) is 1. The number of carbonyl (C=O) groups is 2. The maximum absolute atomic E-state index is 13.5. The van der Waals surface area contributed by atoms with Crippen LogP contribution in [0.5, 0.6) is 11.5 Å². The molecule has 0 bridgehead atoms. The van der Waals surface area contributed by atoms with Gasteiger partial charge in [-0.1, -0.05) is 41.4 Å². The highest BCUT2D eigenvalue weighted by Gasteiger charge is 2.25. The van der Waals surface area contributed by atoms with Crippen molar-refractivity contribution < 1.29 is 28.9 Å². The molecule has 3 aromatic rings. The maximum Gasteiger partial charge on any atom is 0.330 e. The lowest BCUT2D eigenvalue weighted by Gasteiger charge is -2.27. The molecule has 0 aliphatic carbocycles. The van der Waals surface area contributed by atoms with E-state index >= 15 is 0 Å². The highest BCUT2D eigenvalue weighted by molar-refractivity contribution is 6.31. The summed E-state index contributed by atoms with van der Waals surface area (Å²) in [6, 6.07) is 16.9. The molecule has 194 valence electrons. The van der Waals surface area contributed by atoms with Gasteiger partial charge in [-0.05, 0) is 43.3 Å². The third-order valence-electron chi connectivity index (χ3n) is 5.51. The van der Waals surface area contributed by atoms with Crippen molar-refractivity contribution in [1.82, 2.24) is 0 Å². The maximum atomic E-state index is 13.5. The smallest absolute Gasteiger partial charge is 0.330 e. The Morgan fingerprint density at radius 1 is 0.973 bits per heavy atom. The van der Waals surface area contributed by atoms with Crippen molar-refractivity contribution in [3.05, 3.63) is 99.6 Å². The number of ether oxygens (including phenoxy) is 3. The Balaban J connectivity index is 2.13. The van der Waals surface area contributed by atoms with E-state index < -0.39 is 18.0 Å². The molecule has 0 aliphatic rings. The summed E-state index contributed by atoms with van der Waals surface area (Å²) in [6.07, 6.45) is 0.989. The minimum Gasteiger partial charge on any atom is -0.497 e. The second kappa shape index (κ2) is 13.1. The number of esters is 1. The fraction of sp³-hybridized carbons (Fsp3) is 0.214. The first-order chi connectivity index (χ1) is 17.8. The van der Waals surface area contributed by atoms with Crippen LogP contribution < -0.4 is 14.4 Å². The first-order valence-electron chi connectivity index (χ1n) is 11.4. The fourth-order valence-electron chi connectivity index (χ4n) is 3.71. The third-order valence-corrected chi connectivity index (χ3v) is 6.09. The zero-order valence-electron chi connectivity index (χ0n) is 20.6. The van der Waals surface area contributed by atoms with E-state index in [1.54, 1.807) is 74.7 Å². The monoisotopic (exact) mass is 543 g/mol. The molecule has 1 atom stereocenters. The quantitative estimate of drug-likeness (QED) is 0.259. The summed E-state index contributed by atoms with van der Waals surface area (Å²) in [7, 11) is 3.06. The molecular weight excluding hydrogens is 517 g/mol. The topological polar surface area (TPSA) is 85.3 Å². The van der Waals surface area contributed by atoms with Crippen LogP contribution in [-0.2, 0) is 20.9 Å². The molecule has 0 radical (unpaired) electrons. The van der Waals surface area contributed by atoms with Gasteiger partial charge in [0.05, 0.1) is 33.1 Å². The van der Waals surface area contributed by atoms with Gasteiger partial charge in [0.1, 0.15) is 17.6 Å². The van der Waals surface area contributed by atoms with Crippen molar-refractivity contribution in [2.75, 3.05) is 25.7 Å². The Kier molecular flexibility index (Phi) is 9.97. The van der Waals surface area contributed by atoms with E-state index in [1.807, 2.05) is 0 Å². The minimum absolute atomic E-state index is 0.0447.